The van der Waals surface area contributed by atoms with E-state index in [1.807, 2.05) is 24.3 Å². The highest BCUT2D eigenvalue weighted by Gasteiger charge is 2.30. The van der Waals surface area contributed by atoms with Crippen LogP contribution in [0, 0.1) is 12.8 Å². The fraction of sp³-hybridized carbons (Fsp3) is 0.381. The molecule has 0 aliphatic carbocycles. The second-order valence-corrected chi connectivity index (χ2v) is 10.4. The third-order valence-corrected chi connectivity index (χ3v) is 7.65. The molecule has 1 unspecified atom stereocenters. The van der Waals surface area contributed by atoms with Gasteiger partial charge in [0.2, 0.25) is 0 Å². The highest BCUT2D eigenvalue weighted by molar-refractivity contribution is 9.10. The summed E-state index contributed by atoms with van der Waals surface area (Å²) in [4.78, 5) is 0. The van der Waals surface area contributed by atoms with Gasteiger partial charge in [-0.25, -0.2) is 8.42 Å². The van der Waals surface area contributed by atoms with Crippen molar-refractivity contribution in [2.24, 2.45) is 11.1 Å². The first kappa shape index (κ1) is 20.1. The van der Waals surface area contributed by atoms with E-state index < -0.39 is 9.84 Å². The number of rotatable bonds is 5. The minimum Gasteiger partial charge on any atom is -0.411 e. The summed E-state index contributed by atoms with van der Waals surface area (Å²) in [5.41, 5.74) is 4.23. The highest BCUT2D eigenvalue weighted by Crippen LogP contribution is 2.34. The van der Waals surface area contributed by atoms with E-state index in [1.54, 1.807) is 0 Å². The Morgan fingerprint density at radius 3 is 2.37 bits per heavy atom. The molecule has 0 amide bonds. The van der Waals surface area contributed by atoms with Crippen molar-refractivity contribution in [3.63, 3.8) is 0 Å². The molecule has 1 atom stereocenters. The van der Waals surface area contributed by atoms with E-state index >= 15 is 0 Å². The Labute approximate surface area is 169 Å². The Morgan fingerprint density at radius 1 is 1.15 bits per heavy atom. The maximum Gasteiger partial charge on any atom is 0.150 e. The summed E-state index contributed by atoms with van der Waals surface area (Å²) in [5, 5.41) is 13.3. The molecule has 0 spiro atoms. The van der Waals surface area contributed by atoms with Gasteiger partial charge in [-0.3, -0.25) is 0 Å². The Kier molecular flexibility index (Phi) is 6.37. The smallest absolute Gasteiger partial charge is 0.150 e. The van der Waals surface area contributed by atoms with Crippen molar-refractivity contribution in [2.45, 2.75) is 32.1 Å². The maximum absolute atomic E-state index is 11.7. The molecule has 2 aromatic rings. The summed E-state index contributed by atoms with van der Waals surface area (Å²) in [7, 11) is -2.94. The van der Waals surface area contributed by atoms with Gasteiger partial charge in [0, 0.05) is 22.7 Å². The number of nitrogens with zero attached hydrogens (tertiary/aromatic N) is 1. The summed E-state index contributed by atoms with van der Waals surface area (Å²) < 4.78 is 24.5. The van der Waals surface area contributed by atoms with Crippen LogP contribution in [0.15, 0.2) is 58.2 Å². The summed E-state index contributed by atoms with van der Waals surface area (Å²) in [6, 6.07) is 16.4. The van der Waals surface area contributed by atoms with Gasteiger partial charge in [0.1, 0.15) is 9.84 Å². The molecule has 2 aromatic carbocycles. The maximum atomic E-state index is 11.7. The molecule has 144 valence electrons. The molecule has 6 heteroatoms. The third kappa shape index (κ3) is 4.99. The predicted octanol–water partition coefficient (Wildman–Crippen LogP) is 4.93. The molecule has 0 aromatic heterocycles. The molecule has 1 saturated heterocycles. The van der Waals surface area contributed by atoms with Crippen LogP contribution in [-0.2, 0) is 9.84 Å². The number of hydrogen-bond donors (Lipinski definition) is 1. The van der Waals surface area contributed by atoms with Gasteiger partial charge in [0.05, 0.1) is 17.2 Å². The molecule has 1 aliphatic heterocycles. The van der Waals surface area contributed by atoms with Crippen LogP contribution < -0.4 is 0 Å². The third-order valence-electron chi connectivity index (χ3n) is 5.40. The fourth-order valence-electron chi connectivity index (χ4n) is 3.80. The van der Waals surface area contributed by atoms with Gasteiger partial charge in [0.15, 0.2) is 0 Å². The lowest BCUT2D eigenvalue weighted by molar-refractivity contribution is 0.311. The number of hydrogen-bond acceptors (Lipinski definition) is 4. The molecule has 0 bridgehead atoms. The van der Waals surface area contributed by atoms with E-state index in [1.165, 1.54) is 11.1 Å². The van der Waals surface area contributed by atoms with Crippen LogP contribution in [0.2, 0.25) is 0 Å². The molecule has 1 N–H and O–H groups in total. The monoisotopic (exact) mass is 449 g/mol. The lowest BCUT2D eigenvalue weighted by Gasteiger charge is -2.26. The molecular formula is C21H24BrNO3S. The predicted molar refractivity (Wildman–Crippen MR) is 112 cm³/mol. The molecule has 1 aliphatic rings. The number of aryl methyl sites for hydroxylation is 1. The Balaban J connectivity index is 1.91. The quantitative estimate of drug-likeness (QED) is 0.399. The summed E-state index contributed by atoms with van der Waals surface area (Å²) in [6.07, 6.45) is 1.64. The summed E-state index contributed by atoms with van der Waals surface area (Å²) in [5.74, 6) is 0.415. The van der Waals surface area contributed by atoms with Crippen LogP contribution in [0.5, 0.6) is 0 Å². The number of oxime groups is 1. The Hall–Kier alpha value is -1.66. The van der Waals surface area contributed by atoms with E-state index in [-0.39, 0.29) is 23.3 Å². The second kappa shape index (κ2) is 8.57. The van der Waals surface area contributed by atoms with E-state index in [2.05, 4.69) is 52.3 Å². The topological polar surface area (TPSA) is 66.7 Å². The normalized spacial score (nSPS) is 19.0. The van der Waals surface area contributed by atoms with E-state index in [9.17, 15) is 13.6 Å². The molecule has 4 nitrogen and oxygen atoms in total. The Morgan fingerprint density at radius 2 is 1.78 bits per heavy atom. The minimum absolute atomic E-state index is 0.0143. The van der Waals surface area contributed by atoms with Gasteiger partial charge in [-0.15, -0.1) is 0 Å². The van der Waals surface area contributed by atoms with Crippen molar-refractivity contribution in [1.82, 2.24) is 0 Å². The molecule has 1 heterocycles. The van der Waals surface area contributed by atoms with Crippen LogP contribution in [-0.4, -0.2) is 30.8 Å². The van der Waals surface area contributed by atoms with Crippen LogP contribution >= 0.6 is 15.9 Å². The minimum atomic E-state index is -2.94. The number of sulfone groups is 1. The zero-order valence-corrected chi connectivity index (χ0v) is 17.7. The zero-order valence-electron chi connectivity index (χ0n) is 15.3. The second-order valence-electron chi connectivity index (χ2n) is 7.18. The van der Waals surface area contributed by atoms with Gasteiger partial charge in [-0.1, -0.05) is 57.5 Å². The molecule has 3 rings (SSSR count). The molecular weight excluding hydrogens is 426 g/mol. The zero-order chi connectivity index (χ0) is 19.4. The Bertz CT molecular complexity index is 909. The van der Waals surface area contributed by atoms with Gasteiger partial charge < -0.3 is 5.21 Å². The molecule has 0 saturated carbocycles. The summed E-state index contributed by atoms with van der Waals surface area (Å²) in [6.45, 7) is 2.09. The van der Waals surface area contributed by atoms with Crippen molar-refractivity contribution < 1.29 is 13.6 Å². The van der Waals surface area contributed by atoms with Crippen molar-refractivity contribution >= 4 is 31.5 Å². The average Bonchev–Trinajstić information content (AvgIpc) is 2.65. The van der Waals surface area contributed by atoms with E-state index in [4.69, 9.17) is 0 Å². The molecule has 27 heavy (non-hydrogen) atoms. The van der Waals surface area contributed by atoms with Gasteiger partial charge in [-0.05, 0) is 48.6 Å². The van der Waals surface area contributed by atoms with Gasteiger partial charge in [0.25, 0.3) is 0 Å². The van der Waals surface area contributed by atoms with Crippen LogP contribution in [0.4, 0.5) is 0 Å². The van der Waals surface area contributed by atoms with Crippen LogP contribution in [0.1, 0.15) is 41.9 Å². The first-order valence-electron chi connectivity index (χ1n) is 9.12. The van der Waals surface area contributed by atoms with Crippen molar-refractivity contribution in [1.29, 1.82) is 0 Å². The van der Waals surface area contributed by atoms with Crippen molar-refractivity contribution in [2.75, 3.05) is 11.5 Å². The van der Waals surface area contributed by atoms with Crippen molar-refractivity contribution in [3.8, 4) is 0 Å². The van der Waals surface area contributed by atoms with Gasteiger partial charge >= 0.3 is 0 Å². The average molecular weight is 450 g/mol. The number of benzene rings is 2. The largest absolute Gasteiger partial charge is 0.411 e. The van der Waals surface area contributed by atoms with Gasteiger partial charge in [-0.2, -0.15) is 0 Å². The number of halogens is 1. The first-order chi connectivity index (χ1) is 12.9. The molecule has 0 radical (unpaired) electrons. The first-order valence-corrected chi connectivity index (χ1v) is 11.7. The SMILES string of the molecule is Cc1ccccc1C(C/C(=N/O)C1CCS(=O)(=O)CC1)c1ccc(Br)cc1. The fourth-order valence-corrected chi connectivity index (χ4v) is 5.56. The van der Waals surface area contributed by atoms with Crippen LogP contribution in [0.25, 0.3) is 0 Å². The van der Waals surface area contributed by atoms with Crippen LogP contribution in [0.3, 0.4) is 0 Å². The van der Waals surface area contributed by atoms with E-state index in [0.717, 1.165) is 10.0 Å². The lowest BCUT2D eigenvalue weighted by Crippen LogP contribution is -2.29. The highest BCUT2D eigenvalue weighted by atomic mass is 79.9. The van der Waals surface area contributed by atoms with Crippen molar-refractivity contribution in [3.05, 3.63) is 69.7 Å². The lowest BCUT2D eigenvalue weighted by atomic mass is 9.81. The molecule has 1 fully saturated rings. The standard InChI is InChI=1S/C21H24BrNO3S/c1-15-4-2-3-5-19(15)20(16-6-8-18(22)9-7-16)14-21(23-24)17-10-12-27(25,26)13-11-17/h2-9,17,20,24H,10-14H2,1H3/b23-21-. The van der Waals surface area contributed by atoms with E-state index in [0.29, 0.717) is 25.0 Å². The summed E-state index contributed by atoms with van der Waals surface area (Å²) >= 11 is 3.48.